The van der Waals surface area contributed by atoms with Gasteiger partial charge in [0.25, 0.3) is 0 Å². The molecule has 1 atom stereocenters. The summed E-state index contributed by atoms with van der Waals surface area (Å²) in [6, 6.07) is 7.23. The first-order valence-electron chi connectivity index (χ1n) is 9.21. The predicted octanol–water partition coefficient (Wildman–Crippen LogP) is 2.56. The molecule has 1 unspecified atom stereocenters. The third-order valence-electron chi connectivity index (χ3n) is 5.41. The molecule has 2 N–H and O–H groups in total. The Morgan fingerprint density at radius 3 is 2.93 bits per heavy atom. The van der Waals surface area contributed by atoms with Crippen LogP contribution in [0.1, 0.15) is 36.5 Å². The fraction of sp³-hybridized carbons (Fsp3) is 0.526. The molecule has 1 aliphatic heterocycles. The molecule has 1 fully saturated rings. The van der Waals surface area contributed by atoms with E-state index in [1.54, 1.807) is 19.2 Å². The number of nitrogens with one attached hydrogen (secondary N) is 2. The monoisotopic (exact) mass is 484 g/mol. The quantitative estimate of drug-likeness (QED) is 0.398. The van der Waals surface area contributed by atoms with Crippen molar-refractivity contribution in [3.05, 3.63) is 47.3 Å². The van der Waals surface area contributed by atoms with Gasteiger partial charge in [0.15, 0.2) is 5.96 Å². The van der Waals surface area contributed by atoms with Crippen LogP contribution < -0.4 is 10.6 Å². The summed E-state index contributed by atoms with van der Waals surface area (Å²) in [7, 11) is 1.78. The summed E-state index contributed by atoms with van der Waals surface area (Å²) in [5.41, 5.74) is 1.10. The number of fused-ring (bicyclic) bond motifs is 1. The van der Waals surface area contributed by atoms with Crippen LogP contribution in [0, 0.1) is 12.7 Å². The van der Waals surface area contributed by atoms with Gasteiger partial charge in [0.1, 0.15) is 17.5 Å². The summed E-state index contributed by atoms with van der Waals surface area (Å²) in [4.78, 5) is 8.81. The van der Waals surface area contributed by atoms with Crippen molar-refractivity contribution >= 4 is 29.9 Å². The fourth-order valence-electron chi connectivity index (χ4n) is 3.73. The molecule has 8 heteroatoms. The maximum atomic E-state index is 13.6. The molecule has 0 radical (unpaired) electrons. The number of nitrogens with zero attached hydrogens (tertiary/aromatic N) is 4. The molecule has 0 bridgehead atoms. The highest BCUT2D eigenvalue weighted by atomic mass is 127. The van der Waals surface area contributed by atoms with E-state index in [-0.39, 0.29) is 41.3 Å². The number of hydrogen-bond donors (Lipinski definition) is 2. The van der Waals surface area contributed by atoms with Gasteiger partial charge in [0.2, 0.25) is 0 Å². The van der Waals surface area contributed by atoms with Gasteiger partial charge in [-0.1, -0.05) is 12.1 Å². The molecule has 1 aromatic carbocycles. The van der Waals surface area contributed by atoms with Crippen molar-refractivity contribution < 1.29 is 4.39 Å². The Hall–Kier alpha value is -1.71. The minimum Gasteiger partial charge on any atom is -0.356 e. The number of halogens is 2. The topological polar surface area (TPSA) is 67.1 Å². The van der Waals surface area contributed by atoms with Gasteiger partial charge in [-0.05, 0) is 43.9 Å². The number of guanidine groups is 1. The average molecular weight is 484 g/mol. The molecule has 2 aromatic rings. The minimum atomic E-state index is -0.169. The van der Waals surface area contributed by atoms with Gasteiger partial charge in [-0.15, -0.1) is 24.0 Å². The summed E-state index contributed by atoms with van der Waals surface area (Å²) >= 11 is 0. The number of aryl methyl sites for hydroxylation is 2. The lowest BCUT2D eigenvalue weighted by atomic mass is 9.96. The molecule has 1 aromatic heterocycles. The fourth-order valence-corrected chi connectivity index (χ4v) is 3.73. The van der Waals surface area contributed by atoms with Crippen LogP contribution >= 0.6 is 24.0 Å². The van der Waals surface area contributed by atoms with Gasteiger partial charge in [-0.2, -0.15) is 5.10 Å². The first kappa shape index (κ1) is 20.0. The zero-order valence-corrected chi connectivity index (χ0v) is 18.0. The summed E-state index contributed by atoms with van der Waals surface area (Å²) < 4.78 is 15.5. The molecule has 2 aliphatic rings. The largest absolute Gasteiger partial charge is 0.356 e. The van der Waals surface area contributed by atoms with Crippen LogP contribution in [0.15, 0.2) is 29.3 Å². The maximum Gasteiger partial charge on any atom is 0.191 e. The molecule has 146 valence electrons. The zero-order valence-electron chi connectivity index (χ0n) is 15.7. The normalized spacial score (nSPS) is 20.4. The van der Waals surface area contributed by atoms with Crippen molar-refractivity contribution in [2.45, 2.75) is 50.6 Å². The third kappa shape index (κ3) is 4.41. The molecule has 6 nitrogen and oxygen atoms in total. The van der Waals surface area contributed by atoms with Gasteiger partial charge >= 0.3 is 0 Å². The van der Waals surface area contributed by atoms with Crippen molar-refractivity contribution in [2.75, 3.05) is 13.6 Å². The van der Waals surface area contributed by atoms with E-state index < -0.39 is 0 Å². The molecule has 2 heterocycles. The van der Waals surface area contributed by atoms with Gasteiger partial charge in [-0.25, -0.2) is 14.1 Å². The highest BCUT2D eigenvalue weighted by Gasteiger charge is 2.44. The minimum absolute atomic E-state index is 0. The molecule has 1 saturated carbocycles. The van der Waals surface area contributed by atoms with Crippen LogP contribution in [-0.2, 0) is 18.4 Å². The van der Waals surface area contributed by atoms with Crippen molar-refractivity contribution in [2.24, 2.45) is 4.99 Å². The van der Waals surface area contributed by atoms with E-state index in [1.807, 2.05) is 17.7 Å². The van der Waals surface area contributed by atoms with Gasteiger partial charge < -0.3 is 10.6 Å². The Kier molecular flexibility index (Phi) is 6.02. The van der Waals surface area contributed by atoms with Crippen LogP contribution in [0.3, 0.4) is 0 Å². The Morgan fingerprint density at radius 1 is 1.41 bits per heavy atom. The van der Waals surface area contributed by atoms with Crippen LogP contribution in [0.5, 0.6) is 0 Å². The molecule has 0 spiro atoms. The smallest absolute Gasteiger partial charge is 0.191 e. The van der Waals surface area contributed by atoms with Crippen LogP contribution in [0.2, 0.25) is 0 Å². The highest BCUT2D eigenvalue weighted by Crippen LogP contribution is 2.47. The second kappa shape index (κ2) is 8.12. The van der Waals surface area contributed by atoms with E-state index in [2.05, 4.69) is 25.7 Å². The van der Waals surface area contributed by atoms with E-state index in [1.165, 1.54) is 6.07 Å². The molecule has 0 amide bonds. The van der Waals surface area contributed by atoms with E-state index >= 15 is 0 Å². The van der Waals surface area contributed by atoms with Crippen molar-refractivity contribution in [3.8, 4) is 0 Å². The summed E-state index contributed by atoms with van der Waals surface area (Å²) in [6.07, 6.45) is 4.08. The second-order valence-corrected chi connectivity index (χ2v) is 7.35. The first-order valence-corrected chi connectivity index (χ1v) is 9.21. The van der Waals surface area contributed by atoms with Gasteiger partial charge in [0, 0.05) is 31.5 Å². The molecule has 4 rings (SSSR count). The Morgan fingerprint density at radius 2 is 2.22 bits per heavy atom. The maximum absolute atomic E-state index is 13.6. The second-order valence-electron chi connectivity index (χ2n) is 7.35. The Balaban J connectivity index is 0.00000210. The van der Waals surface area contributed by atoms with Crippen LogP contribution in [0.4, 0.5) is 4.39 Å². The van der Waals surface area contributed by atoms with E-state index in [0.717, 1.165) is 61.9 Å². The summed E-state index contributed by atoms with van der Waals surface area (Å²) in [5.74, 6) is 2.51. The van der Waals surface area contributed by atoms with Crippen molar-refractivity contribution in [1.82, 2.24) is 25.4 Å². The lowest BCUT2D eigenvalue weighted by molar-refractivity contribution is 0.392. The Bertz CT molecular complexity index is 829. The molecule has 27 heavy (non-hydrogen) atoms. The first-order chi connectivity index (χ1) is 12.6. The highest BCUT2D eigenvalue weighted by molar-refractivity contribution is 14.0. The number of aromatic nitrogens is 3. The lowest BCUT2D eigenvalue weighted by Crippen LogP contribution is -2.48. The van der Waals surface area contributed by atoms with Gasteiger partial charge in [0.05, 0.1) is 6.54 Å². The van der Waals surface area contributed by atoms with Crippen LogP contribution in [-0.4, -0.2) is 40.4 Å². The SMILES string of the molecule is CN=C(NCC1(c2cccc(F)c2)CC1)NC1CCc2nc(C)nn2C1.I. The lowest BCUT2D eigenvalue weighted by Gasteiger charge is -2.26. The van der Waals surface area contributed by atoms with Gasteiger partial charge in [-0.3, -0.25) is 4.99 Å². The zero-order chi connectivity index (χ0) is 18.1. The van der Waals surface area contributed by atoms with Crippen LogP contribution in [0.25, 0.3) is 0 Å². The molecule has 1 aliphatic carbocycles. The van der Waals surface area contributed by atoms with E-state index in [9.17, 15) is 4.39 Å². The molecular weight excluding hydrogens is 458 g/mol. The van der Waals surface area contributed by atoms with E-state index in [0.29, 0.717) is 0 Å². The molecular formula is C19H26FIN6. The predicted molar refractivity (Wildman–Crippen MR) is 114 cm³/mol. The summed E-state index contributed by atoms with van der Waals surface area (Å²) in [6.45, 7) is 3.48. The number of rotatable bonds is 4. The van der Waals surface area contributed by atoms with Crippen molar-refractivity contribution in [3.63, 3.8) is 0 Å². The summed E-state index contributed by atoms with van der Waals surface area (Å²) in [5, 5.41) is 11.4. The Labute approximate surface area is 176 Å². The number of benzene rings is 1. The standard InChI is InChI=1S/C19H25FN6.HI/c1-13-23-17-7-6-16(11-26(17)25-13)24-18(21-2)22-12-19(8-9-19)14-4-3-5-15(20)10-14;/h3-5,10,16H,6-9,11-12H2,1-2H3,(H2,21,22,24);1H. The third-order valence-corrected chi connectivity index (χ3v) is 5.41. The molecule has 0 saturated heterocycles. The van der Waals surface area contributed by atoms with Crippen molar-refractivity contribution in [1.29, 1.82) is 0 Å². The number of aliphatic imine (C=N–C) groups is 1. The average Bonchev–Trinajstić information content (AvgIpc) is 3.33. The van der Waals surface area contributed by atoms with E-state index in [4.69, 9.17) is 0 Å². The number of hydrogen-bond acceptors (Lipinski definition) is 3.